The first-order valence-corrected chi connectivity index (χ1v) is 30.3. The summed E-state index contributed by atoms with van der Waals surface area (Å²) in [5.41, 5.74) is 5.38. The van der Waals surface area contributed by atoms with E-state index in [-0.39, 0.29) is 38.6 Å². The number of hydrogen-bond acceptors (Lipinski definition) is 8. The first-order chi connectivity index (χ1) is 33.8. The molecule has 0 amide bonds. The lowest BCUT2D eigenvalue weighted by Crippen LogP contribution is -2.29. The summed E-state index contributed by atoms with van der Waals surface area (Å²) in [5.74, 6) is -0.831. The maximum atomic E-state index is 12.7. The number of phosphoric acid groups is 1. The quantitative estimate of drug-likeness (QED) is 0.0264. The van der Waals surface area contributed by atoms with Gasteiger partial charge in [0.05, 0.1) is 13.2 Å². The summed E-state index contributed by atoms with van der Waals surface area (Å²) in [6, 6.07) is 0. The molecule has 10 heteroatoms. The van der Waals surface area contributed by atoms with Crippen molar-refractivity contribution in [1.82, 2.24) is 0 Å². The smallest absolute Gasteiger partial charge is 0.462 e. The molecule has 2 atom stereocenters. The average Bonchev–Trinajstić information content (AvgIpc) is 3.34. The molecule has 0 aliphatic heterocycles. The van der Waals surface area contributed by atoms with E-state index < -0.39 is 26.5 Å². The zero-order valence-electron chi connectivity index (χ0n) is 44.8. The second kappa shape index (κ2) is 55.0. The van der Waals surface area contributed by atoms with E-state index in [1.807, 2.05) is 0 Å². The van der Waals surface area contributed by atoms with Gasteiger partial charge in [0, 0.05) is 19.4 Å². The van der Waals surface area contributed by atoms with Crippen LogP contribution >= 0.6 is 7.82 Å². The molecule has 0 fully saturated rings. The van der Waals surface area contributed by atoms with Crippen LogP contribution < -0.4 is 5.73 Å². The standard InChI is InChI=1S/C59H108NO8P/c1-3-5-7-9-11-13-15-17-19-21-23-25-27-28-30-31-33-35-37-39-41-43-45-47-49-51-58(61)65-55-57(56-67-69(63,64)66-54-53-60)68-59(62)52-50-48-46-44-42-40-38-36-34-32-29-26-24-22-20-18-16-14-12-10-8-6-4-2/h15-18,21-24,29,32,57H,3-14,19-20,25-28,30-31,33-56,60H2,1-2H3,(H,63,64)/b17-15-,18-16-,23-21-,24-22-,32-29-. The zero-order valence-corrected chi connectivity index (χ0v) is 45.7. The van der Waals surface area contributed by atoms with Crippen LogP contribution in [-0.4, -0.2) is 49.3 Å². The zero-order chi connectivity index (χ0) is 50.2. The Hall–Kier alpha value is -2.29. The fourth-order valence-electron chi connectivity index (χ4n) is 8.09. The lowest BCUT2D eigenvalue weighted by molar-refractivity contribution is -0.161. The Labute approximate surface area is 425 Å². The number of allylic oxidation sites excluding steroid dienone is 10. The summed E-state index contributed by atoms with van der Waals surface area (Å²) < 4.78 is 33.0. The van der Waals surface area contributed by atoms with Gasteiger partial charge in [0.25, 0.3) is 0 Å². The highest BCUT2D eigenvalue weighted by molar-refractivity contribution is 7.47. The molecule has 0 heterocycles. The van der Waals surface area contributed by atoms with Crippen LogP contribution in [0.2, 0.25) is 0 Å². The predicted molar refractivity (Wildman–Crippen MR) is 293 cm³/mol. The number of esters is 2. The molecule has 0 bridgehead atoms. The van der Waals surface area contributed by atoms with Gasteiger partial charge in [-0.3, -0.25) is 18.6 Å². The highest BCUT2D eigenvalue weighted by Gasteiger charge is 2.26. The lowest BCUT2D eigenvalue weighted by Gasteiger charge is -2.19. The average molecular weight is 990 g/mol. The highest BCUT2D eigenvalue weighted by Crippen LogP contribution is 2.43. The van der Waals surface area contributed by atoms with Crippen LogP contribution in [0.15, 0.2) is 60.8 Å². The first kappa shape index (κ1) is 66.7. The van der Waals surface area contributed by atoms with E-state index in [1.165, 1.54) is 173 Å². The molecule has 0 aromatic carbocycles. The number of nitrogens with two attached hydrogens (primary N) is 1. The molecule has 0 radical (unpaired) electrons. The Kier molecular flexibility index (Phi) is 53.2. The van der Waals surface area contributed by atoms with Gasteiger partial charge in [-0.1, -0.05) is 235 Å². The largest absolute Gasteiger partial charge is 0.472 e. The maximum absolute atomic E-state index is 12.7. The van der Waals surface area contributed by atoms with Gasteiger partial charge in [-0.15, -0.1) is 0 Å². The summed E-state index contributed by atoms with van der Waals surface area (Å²) >= 11 is 0. The Bertz CT molecular complexity index is 1310. The third-order valence-electron chi connectivity index (χ3n) is 12.4. The normalized spacial score (nSPS) is 13.5. The van der Waals surface area contributed by atoms with Gasteiger partial charge in [-0.25, -0.2) is 4.57 Å². The monoisotopic (exact) mass is 990 g/mol. The van der Waals surface area contributed by atoms with Crippen molar-refractivity contribution < 1.29 is 37.6 Å². The fraction of sp³-hybridized carbons (Fsp3) is 0.797. The van der Waals surface area contributed by atoms with Crippen molar-refractivity contribution in [3.63, 3.8) is 0 Å². The minimum absolute atomic E-state index is 0.0505. The molecular formula is C59H108NO8P. The number of unbranched alkanes of at least 4 members (excludes halogenated alkanes) is 31. The van der Waals surface area contributed by atoms with Crippen LogP contribution in [0.25, 0.3) is 0 Å². The van der Waals surface area contributed by atoms with E-state index in [0.717, 1.165) is 64.2 Å². The molecule has 69 heavy (non-hydrogen) atoms. The minimum atomic E-state index is -4.39. The summed E-state index contributed by atoms with van der Waals surface area (Å²) in [6.07, 6.45) is 68.4. The van der Waals surface area contributed by atoms with E-state index in [2.05, 4.69) is 74.6 Å². The maximum Gasteiger partial charge on any atom is 0.472 e. The van der Waals surface area contributed by atoms with Gasteiger partial charge in [-0.2, -0.15) is 0 Å². The molecule has 2 unspecified atom stereocenters. The predicted octanol–water partition coefficient (Wildman–Crippen LogP) is 18.0. The number of ether oxygens (including phenoxy) is 2. The summed E-state index contributed by atoms with van der Waals surface area (Å²) in [6.45, 7) is 3.74. The van der Waals surface area contributed by atoms with E-state index in [9.17, 15) is 19.0 Å². The third-order valence-corrected chi connectivity index (χ3v) is 13.4. The van der Waals surface area contributed by atoms with Gasteiger partial charge in [-0.05, 0) is 83.5 Å². The molecule has 0 spiro atoms. The van der Waals surface area contributed by atoms with Gasteiger partial charge in [0.15, 0.2) is 6.10 Å². The Balaban J connectivity index is 4.00. The number of rotatable bonds is 54. The van der Waals surface area contributed by atoms with E-state index >= 15 is 0 Å². The van der Waals surface area contributed by atoms with Crippen LogP contribution in [0, 0.1) is 0 Å². The van der Waals surface area contributed by atoms with Gasteiger partial charge in [0.1, 0.15) is 6.61 Å². The van der Waals surface area contributed by atoms with Crippen molar-refractivity contribution in [1.29, 1.82) is 0 Å². The number of carbonyl (C=O) groups excluding carboxylic acids is 2. The topological polar surface area (TPSA) is 134 Å². The molecule has 402 valence electrons. The molecule has 0 aliphatic rings. The fourth-order valence-corrected chi connectivity index (χ4v) is 8.85. The molecule has 0 aliphatic carbocycles. The Morgan fingerprint density at radius 1 is 0.435 bits per heavy atom. The van der Waals surface area contributed by atoms with E-state index in [0.29, 0.717) is 6.42 Å². The number of carbonyl (C=O) groups is 2. The van der Waals surface area contributed by atoms with Gasteiger partial charge >= 0.3 is 19.8 Å². The Morgan fingerprint density at radius 3 is 1.12 bits per heavy atom. The summed E-state index contributed by atoms with van der Waals surface area (Å²) in [7, 11) is -4.39. The van der Waals surface area contributed by atoms with E-state index in [1.54, 1.807) is 0 Å². The summed E-state index contributed by atoms with van der Waals surface area (Å²) in [4.78, 5) is 35.2. The van der Waals surface area contributed by atoms with Crippen LogP contribution in [-0.2, 0) is 32.7 Å². The molecule has 0 rings (SSSR count). The molecular weight excluding hydrogens is 882 g/mol. The van der Waals surface area contributed by atoms with Crippen molar-refractivity contribution >= 4 is 19.8 Å². The van der Waals surface area contributed by atoms with Crippen LogP contribution in [0.3, 0.4) is 0 Å². The lowest BCUT2D eigenvalue weighted by atomic mass is 10.0. The van der Waals surface area contributed by atoms with Crippen LogP contribution in [0.1, 0.15) is 271 Å². The van der Waals surface area contributed by atoms with Crippen molar-refractivity contribution in [2.45, 2.75) is 277 Å². The third kappa shape index (κ3) is 54.9. The van der Waals surface area contributed by atoms with Crippen LogP contribution in [0.5, 0.6) is 0 Å². The first-order valence-electron chi connectivity index (χ1n) is 28.8. The molecule has 9 nitrogen and oxygen atoms in total. The van der Waals surface area contributed by atoms with E-state index in [4.69, 9.17) is 24.3 Å². The van der Waals surface area contributed by atoms with Crippen LogP contribution in [0.4, 0.5) is 0 Å². The Morgan fingerprint density at radius 2 is 0.754 bits per heavy atom. The number of phosphoric ester groups is 1. The molecule has 0 saturated carbocycles. The minimum Gasteiger partial charge on any atom is -0.462 e. The van der Waals surface area contributed by atoms with Crippen molar-refractivity contribution in [2.24, 2.45) is 5.73 Å². The molecule has 0 aromatic heterocycles. The second-order valence-electron chi connectivity index (χ2n) is 19.2. The molecule has 0 saturated heterocycles. The molecule has 3 N–H and O–H groups in total. The highest BCUT2D eigenvalue weighted by atomic mass is 31.2. The second-order valence-corrected chi connectivity index (χ2v) is 20.6. The van der Waals surface area contributed by atoms with Crippen molar-refractivity contribution in [3.8, 4) is 0 Å². The summed E-state index contributed by atoms with van der Waals surface area (Å²) in [5, 5.41) is 0. The number of hydrogen-bond donors (Lipinski definition) is 2. The molecule has 0 aromatic rings. The van der Waals surface area contributed by atoms with Gasteiger partial charge < -0.3 is 20.1 Å². The SMILES string of the molecule is CCCCCCC/C=C\C/C=C\C/C=C\CCCCCCCCCCC(=O)OC(COC(=O)CCCCCCCCCCCCCCC/C=C\C/C=C\CCCCCCC)COP(=O)(O)OCCN. The van der Waals surface area contributed by atoms with Crippen molar-refractivity contribution in [2.75, 3.05) is 26.4 Å². The van der Waals surface area contributed by atoms with Gasteiger partial charge in [0.2, 0.25) is 0 Å². The van der Waals surface area contributed by atoms with Crippen molar-refractivity contribution in [3.05, 3.63) is 60.8 Å².